The molecule has 0 unspecified atom stereocenters. The van der Waals surface area contributed by atoms with Gasteiger partial charge in [0, 0.05) is 33.2 Å². The minimum Gasteiger partial charge on any atom is -0.436 e. The van der Waals surface area contributed by atoms with Gasteiger partial charge in [0.15, 0.2) is 5.58 Å². The summed E-state index contributed by atoms with van der Waals surface area (Å²) >= 11 is 0. The van der Waals surface area contributed by atoms with Gasteiger partial charge in [-0.3, -0.25) is 4.40 Å². The standard InChI is InChI=1S/C38H25N3O/c1-2-12-26(13-3-1)39(37-31-16-6-9-19-34(31)41-35-20-10-11-21-36(35)42-38(37)41)27-22-24-28(25-23-27)40-32-17-7-4-14-29(32)30-15-5-8-18-33(30)40/h1-25H. The van der Waals surface area contributed by atoms with E-state index in [1.165, 1.54) is 21.8 Å². The van der Waals surface area contributed by atoms with Gasteiger partial charge in [0.2, 0.25) is 5.71 Å². The fraction of sp³-hybridized carbons (Fsp3) is 0. The molecule has 9 rings (SSSR count). The minimum absolute atomic E-state index is 0.827. The molecule has 198 valence electrons. The Morgan fingerprint density at radius 3 is 1.64 bits per heavy atom. The third kappa shape index (κ3) is 3.23. The normalized spacial score (nSPS) is 11.8. The second-order valence-electron chi connectivity index (χ2n) is 10.6. The van der Waals surface area contributed by atoms with Gasteiger partial charge in [0.05, 0.1) is 22.1 Å². The van der Waals surface area contributed by atoms with Crippen LogP contribution in [0.3, 0.4) is 0 Å². The molecule has 0 spiro atoms. The molecule has 4 heteroatoms. The van der Waals surface area contributed by atoms with Crippen LogP contribution >= 0.6 is 0 Å². The second kappa shape index (κ2) is 8.88. The van der Waals surface area contributed by atoms with Crippen LogP contribution in [0.15, 0.2) is 156 Å². The quantitative estimate of drug-likeness (QED) is 0.222. The fourth-order valence-corrected chi connectivity index (χ4v) is 6.52. The molecule has 3 heterocycles. The van der Waals surface area contributed by atoms with E-state index in [4.69, 9.17) is 4.42 Å². The highest BCUT2D eigenvalue weighted by molar-refractivity contribution is 6.10. The van der Waals surface area contributed by atoms with Crippen molar-refractivity contribution in [3.8, 4) is 5.69 Å². The molecule has 6 aromatic carbocycles. The lowest BCUT2D eigenvalue weighted by atomic mass is 10.1. The van der Waals surface area contributed by atoms with E-state index in [2.05, 4.69) is 153 Å². The van der Waals surface area contributed by atoms with Crippen molar-refractivity contribution in [1.29, 1.82) is 0 Å². The number of benzene rings is 6. The molecule has 0 aliphatic rings. The van der Waals surface area contributed by atoms with Crippen molar-refractivity contribution in [1.82, 2.24) is 8.97 Å². The molecule has 0 N–H and O–H groups in total. The zero-order valence-corrected chi connectivity index (χ0v) is 22.7. The Kier molecular flexibility index (Phi) is 4.87. The summed E-state index contributed by atoms with van der Waals surface area (Å²) in [6.07, 6.45) is 0. The van der Waals surface area contributed by atoms with Gasteiger partial charge < -0.3 is 13.9 Å². The number of aromatic nitrogens is 2. The van der Waals surface area contributed by atoms with Crippen LogP contribution in [0.5, 0.6) is 0 Å². The van der Waals surface area contributed by atoms with Gasteiger partial charge in [0.1, 0.15) is 5.69 Å². The number of hydrogen-bond acceptors (Lipinski definition) is 2. The molecule has 4 nitrogen and oxygen atoms in total. The lowest BCUT2D eigenvalue weighted by molar-refractivity contribution is 0.657. The number of oxazole rings is 1. The van der Waals surface area contributed by atoms with E-state index in [9.17, 15) is 0 Å². The molecule has 0 atom stereocenters. The summed E-state index contributed by atoms with van der Waals surface area (Å²) in [4.78, 5) is 2.32. The van der Waals surface area contributed by atoms with Gasteiger partial charge >= 0.3 is 0 Å². The highest BCUT2D eigenvalue weighted by Gasteiger charge is 2.25. The van der Waals surface area contributed by atoms with Crippen molar-refractivity contribution in [2.24, 2.45) is 0 Å². The summed E-state index contributed by atoms with van der Waals surface area (Å²) in [6, 6.07) is 53.5. The molecule has 0 amide bonds. The first-order valence-electron chi connectivity index (χ1n) is 14.2. The Morgan fingerprint density at radius 1 is 0.429 bits per heavy atom. The molecular weight excluding hydrogens is 514 g/mol. The van der Waals surface area contributed by atoms with Crippen molar-refractivity contribution in [2.45, 2.75) is 0 Å². The predicted molar refractivity (Wildman–Crippen MR) is 174 cm³/mol. The Bertz CT molecular complexity index is 2360. The largest absolute Gasteiger partial charge is 0.436 e. The molecule has 0 fully saturated rings. The van der Waals surface area contributed by atoms with Crippen molar-refractivity contribution in [3.63, 3.8) is 0 Å². The topological polar surface area (TPSA) is 25.7 Å². The number of hydrogen-bond donors (Lipinski definition) is 0. The van der Waals surface area contributed by atoms with E-state index in [1.54, 1.807) is 0 Å². The van der Waals surface area contributed by atoms with Crippen LogP contribution in [-0.2, 0) is 0 Å². The average Bonchev–Trinajstić information content (AvgIpc) is 3.70. The maximum absolute atomic E-state index is 6.59. The van der Waals surface area contributed by atoms with Gasteiger partial charge in [0.25, 0.3) is 0 Å². The van der Waals surface area contributed by atoms with E-state index in [1.807, 2.05) is 12.1 Å². The van der Waals surface area contributed by atoms with Crippen molar-refractivity contribution in [2.75, 3.05) is 4.90 Å². The van der Waals surface area contributed by atoms with Crippen LogP contribution in [0.1, 0.15) is 0 Å². The Morgan fingerprint density at radius 2 is 0.952 bits per heavy atom. The van der Waals surface area contributed by atoms with Crippen LogP contribution in [0.4, 0.5) is 17.1 Å². The van der Waals surface area contributed by atoms with Crippen LogP contribution in [0, 0.1) is 0 Å². The number of anilines is 3. The van der Waals surface area contributed by atoms with E-state index >= 15 is 0 Å². The molecule has 0 radical (unpaired) electrons. The highest BCUT2D eigenvalue weighted by atomic mass is 16.3. The zero-order chi connectivity index (χ0) is 27.6. The van der Waals surface area contributed by atoms with E-state index in [0.29, 0.717) is 0 Å². The van der Waals surface area contributed by atoms with Gasteiger partial charge in [-0.1, -0.05) is 84.9 Å². The SMILES string of the molecule is c1ccc(N(c2ccc(-n3c4ccccc4c4ccccc43)cc2)c2c3ccccc3n3c2oc2ccccc23)cc1. The predicted octanol–water partition coefficient (Wildman–Crippen LogP) is 10.4. The summed E-state index contributed by atoms with van der Waals surface area (Å²) in [5, 5.41) is 3.66. The van der Waals surface area contributed by atoms with Crippen LogP contribution in [0.2, 0.25) is 0 Å². The summed E-state index contributed by atoms with van der Waals surface area (Å²) in [7, 11) is 0. The van der Waals surface area contributed by atoms with Gasteiger partial charge in [-0.2, -0.15) is 0 Å². The van der Waals surface area contributed by atoms with Gasteiger partial charge in [-0.05, 0) is 66.7 Å². The number of fused-ring (bicyclic) bond motifs is 8. The molecule has 0 saturated carbocycles. The van der Waals surface area contributed by atoms with E-state index in [0.717, 1.165) is 50.5 Å². The van der Waals surface area contributed by atoms with Crippen LogP contribution < -0.4 is 4.90 Å². The highest BCUT2D eigenvalue weighted by Crippen LogP contribution is 2.45. The number of rotatable bonds is 4. The van der Waals surface area contributed by atoms with Gasteiger partial charge in [-0.15, -0.1) is 0 Å². The maximum Gasteiger partial charge on any atom is 0.230 e. The van der Waals surface area contributed by atoms with E-state index in [-0.39, 0.29) is 0 Å². The first kappa shape index (κ1) is 23.0. The van der Waals surface area contributed by atoms with Crippen molar-refractivity contribution in [3.05, 3.63) is 152 Å². The summed E-state index contributed by atoms with van der Waals surface area (Å²) in [5.74, 6) is 0. The van der Waals surface area contributed by atoms with Gasteiger partial charge in [-0.25, -0.2) is 0 Å². The van der Waals surface area contributed by atoms with Crippen molar-refractivity contribution >= 4 is 66.6 Å². The third-order valence-electron chi connectivity index (χ3n) is 8.30. The summed E-state index contributed by atoms with van der Waals surface area (Å²) in [6.45, 7) is 0. The Hall–Kier alpha value is -5.74. The summed E-state index contributed by atoms with van der Waals surface area (Å²) < 4.78 is 11.2. The molecule has 42 heavy (non-hydrogen) atoms. The molecular formula is C38H25N3O. The lowest BCUT2D eigenvalue weighted by Gasteiger charge is -2.25. The molecule has 0 saturated heterocycles. The second-order valence-corrected chi connectivity index (χ2v) is 10.6. The zero-order valence-electron chi connectivity index (χ0n) is 22.7. The molecule has 0 aliphatic heterocycles. The van der Waals surface area contributed by atoms with Crippen molar-refractivity contribution < 1.29 is 4.42 Å². The first-order valence-corrected chi connectivity index (χ1v) is 14.2. The van der Waals surface area contributed by atoms with Crippen LogP contribution in [-0.4, -0.2) is 8.97 Å². The molecule has 0 bridgehead atoms. The lowest BCUT2D eigenvalue weighted by Crippen LogP contribution is -2.10. The smallest absolute Gasteiger partial charge is 0.230 e. The first-order chi connectivity index (χ1) is 20.9. The number of nitrogens with zero attached hydrogens (tertiary/aromatic N) is 3. The Balaban J connectivity index is 1.29. The molecule has 0 aliphatic carbocycles. The maximum atomic E-state index is 6.59. The minimum atomic E-state index is 0.827. The molecule has 3 aromatic heterocycles. The summed E-state index contributed by atoms with van der Waals surface area (Å²) in [5.41, 5.74) is 10.6. The van der Waals surface area contributed by atoms with Crippen LogP contribution in [0.25, 0.3) is 55.2 Å². The number of para-hydroxylation sites is 6. The van der Waals surface area contributed by atoms with E-state index < -0.39 is 0 Å². The average molecular weight is 540 g/mol. The Labute approximate surface area is 241 Å². The third-order valence-corrected chi connectivity index (χ3v) is 8.30. The fourth-order valence-electron chi connectivity index (χ4n) is 6.52. The molecule has 9 aromatic rings. The monoisotopic (exact) mass is 539 g/mol.